The molecule has 0 spiro atoms. The number of hydrogen-bond acceptors (Lipinski definition) is 5. The third-order valence-electron chi connectivity index (χ3n) is 11.1. The summed E-state index contributed by atoms with van der Waals surface area (Å²) in [6.45, 7) is 0. The number of furan rings is 2. The Morgan fingerprint density at radius 2 is 0.982 bits per heavy atom. The van der Waals surface area contributed by atoms with Gasteiger partial charge in [-0.25, -0.2) is 4.98 Å². The summed E-state index contributed by atoms with van der Waals surface area (Å²) >= 11 is 0. The quantitative estimate of drug-likeness (QED) is 0.176. The minimum absolute atomic E-state index is 0.514. The molecule has 6 heteroatoms. The van der Waals surface area contributed by atoms with E-state index in [4.69, 9.17) is 23.8 Å². The Morgan fingerprint density at radius 3 is 1.75 bits per heavy atom. The molecule has 4 aromatic heterocycles. The molecule has 0 radical (unpaired) electrons. The molecule has 4 heterocycles. The minimum atomic E-state index is 0.514. The van der Waals surface area contributed by atoms with Crippen LogP contribution in [0.15, 0.2) is 191 Å². The standard InChI is InChI=1S/C51H30N4O2/c1-4-15-31(16-5-1)35-23-14-26-43-45(35)38-28-27-34(29-44(38)56-43)50-52-49(33-19-8-3-9-20-33)53-51(54-50)55-41-24-12-10-21-36(41)40-30-39(32-17-6-2-7-18-32)48-46(47(40)55)37-22-11-13-25-42(37)57-48/h1-30H. The second kappa shape index (κ2) is 12.3. The maximum absolute atomic E-state index is 6.74. The molecule has 0 aliphatic heterocycles. The first-order valence-corrected chi connectivity index (χ1v) is 19.0. The number of aromatic nitrogens is 4. The van der Waals surface area contributed by atoms with Crippen LogP contribution in [-0.2, 0) is 0 Å². The van der Waals surface area contributed by atoms with Gasteiger partial charge in [-0.05, 0) is 53.1 Å². The Labute approximate surface area is 325 Å². The van der Waals surface area contributed by atoms with Gasteiger partial charge in [0.15, 0.2) is 11.6 Å². The highest BCUT2D eigenvalue weighted by atomic mass is 16.3. The van der Waals surface area contributed by atoms with E-state index in [9.17, 15) is 0 Å². The normalized spacial score (nSPS) is 11.9. The van der Waals surface area contributed by atoms with Crippen LogP contribution in [-0.4, -0.2) is 19.5 Å². The summed E-state index contributed by atoms with van der Waals surface area (Å²) in [6.07, 6.45) is 0. The highest BCUT2D eigenvalue weighted by Crippen LogP contribution is 2.45. The van der Waals surface area contributed by atoms with Gasteiger partial charge < -0.3 is 8.83 Å². The smallest absolute Gasteiger partial charge is 0.238 e. The molecule has 0 bridgehead atoms. The summed E-state index contributed by atoms with van der Waals surface area (Å²) in [7, 11) is 0. The number of para-hydroxylation sites is 2. The van der Waals surface area contributed by atoms with E-state index in [-0.39, 0.29) is 0 Å². The van der Waals surface area contributed by atoms with Gasteiger partial charge in [0.05, 0.1) is 16.4 Å². The number of fused-ring (bicyclic) bond motifs is 10. The van der Waals surface area contributed by atoms with Crippen LogP contribution in [0.25, 0.3) is 117 Å². The molecule has 8 aromatic carbocycles. The molecule has 12 rings (SSSR count). The van der Waals surface area contributed by atoms with E-state index in [0.29, 0.717) is 17.6 Å². The highest BCUT2D eigenvalue weighted by molar-refractivity contribution is 6.27. The summed E-state index contributed by atoms with van der Waals surface area (Å²) in [4.78, 5) is 15.7. The molecule has 0 amide bonds. The van der Waals surface area contributed by atoms with Gasteiger partial charge in [-0.2, -0.15) is 9.97 Å². The van der Waals surface area contributed by atoms with Crippen LogP contribution in [0.1, 0.15) is 0 Å². The van der Waals surface area contributed by atoms with Crippen molar-refractivity contribution < 1.29 is 8.83 Å². The molecule has 0 saturated heterocycles. The van der Waals surface area contributed by atoms with Crippen molar-refractivity contribution in [1.29, 1.82) is 0 Å². The van der Waals surface area contributed by atoms with Gasteiger partial charge in [0.1, 0.15) is 22.3 Å². The van der Waals surface area contributed by atoms with E-state index in [1.54, 1.807) is 0 Å². The Kier molecular flexibility index (Phi) is 6.83. The van der Waals surface area contributed by atoms with E-state index >= 15 is 0 Å². The fourth-order valence-electron chi connectivity index (χ4n) is 8.51. The van der Waals surface area contributed by atoms with Crippen LogP contribution in [0.2, 0.25) is 0 Å². The lowest BCUT2D eigenvalue weighted by molar-refractivity contribution is 0.669. The zero-order chi connectivity index (χ0) is 37.5. The van der Waals surface area contributed by atoms with E-state index < -0.39 is 0 Å². The molecule has 0 aliphatic rings. The van der Waals surface area contributed by atoms with Crippen LogP contribution in [0.5, 0.6) is 0 Å². The predicted molar refractivity (Wildman–Crippen MR) is 230 cm³/mol. The predicted octanol–water partition coefficient (Wildman–Crippen LogP) is 13.4. The summed E-state index contributed by atoms with van der Waals surface area (Å²) < 4.78 is 15.5. The van der Waals surface area contributed by atoms with E-state index in [0.717, 1.165) is 99.1 Å². The van der Waals surface area contributed by atoms with E-state index in [2.05, 4.69) is 120 Å². The third kappa shape index (κ3) is 4.87. The number of benzene rings is 8. The van der Waals surface area contributed by atoms with Crippen molar-refractivity contribution in [2.75, 3.05) is 0 Å². The van der Waals surface area contributed by atoms with Crippen molar-refractivity contribution in [3.8, 4) is 51.0 Å². The molecule has 0 saturated carbocycles. The van der Waals surface area contributed by atoms with Crippen molar-refractivity contribution >= 4 is 65.7 Å². The zero-order valence-electron chi connectivity index (χ0n) is 30.4. The molecule has 0 fully saturated rings. The fraction of sp³-hybridized carbons (Fsp3) is 0. The summed E-state index contributed by atoms with van der Waals surface area (Å²) in [5.74, 6) is 1.64. The van der Waals surface area contributed by atoms with Crippen molar-refractivity contribution in [3.05, 3.63) is 182 Å². The van der Waals surface area contributed by atoms with Gasteiger partial charge in [0, 0.05) is 43.6 Å². The Bertz CT molecular complexity index is 3510. The molecule has 57 heavy (non-hydrogen) atoms. The monoisotopic (exact) mass is 730 g/mol. The lowest BCUT2D eigenvalue weighted by Crippen LogP contribution is -2.06. The van der Waals surface area contributed by atoms with Crippen LogP contribution >= 0.6 is 0 Å². The summed E-state index contributed by atoms with van der Waals surface area (Å²) in [5, 5.41) is 6.35. The van der Waals surface area contributed by atoms with Crippen molar-refractivity contribution in [3.63, 3.8) is 0 Å². The average Bonchev–Trinajstić information content (AvgIpc) is 3.96. The largest absolute Gasteiger partial charge is 0.456 e. The van der Waals surface area contributed by atoms with Gasteiger partial charge in [-0.15, -0.1) is 0 Å². The van der Waals surface area contributed by atoms with E-state index in [1.165, 1.54) is 0 Å². The number of hydrogen-bond donors (Lipinski definition) is 0. The first-order chi connectivity index (χ1) is 28.3. The van der Waals surface area contributed by atoms with Gasteiger partial charge >= 0.3 is 0 Å². The average molecular weight is 731 g/mol. The SMILES string of the molecule is c1ccc(-c2nc(-c3ccc4c(c3)oc3cccc(-c5ccccc5)c34)nc(-n3c4ccccc4c4cc(-c5ccccc5)c5oc6ccccc6c5c43)n2)cc1. The van der Waals surface area contributed by atoms with Crippen LogP contribution in [0.4, 0.5) is 0 Å². The van der Waals surface area contributed by atoms with Gasteiger partial charge in [0.25, 0.3) is 0 Å². The molecule has 0 atom stereocenters. The lowest BCUT2D eigenvalue weighted by Gasteiger charge is -2.12. The minimum Gasteiger partial charge on any atom is -0.456 e. The van der Waals surface area contributed by atoms with Gasteiger partial charge in [-0.3, -0.25) is 4.57 Å². The van der Waals surface area contributed by atoms with Crippen molar-refractivity contribution in [2.24, 2.45) is 0 Å². The molecular formula is C51H30N4O2. The second-order valence-electron chi connectivity index (χ2n) is 14.3. The maximum atomic E-state index is 6.74. The summed E-state index contributed by atoms with van der Waals surface area (Å²) in [5.41, 5.74) is 11.3. The fourth-order valence-corrected chi connectivity index (χ4v) is 8.51. The Hall–Kier alpha value is -7.83. The molecule has 6 nitrogen and oxygen atoms in total. The first-order valence-electron chi connectivity index (χ1n) is 19.0. The topological polar surface area (TPSA) is 69.9 Å². The molecular weight excluding hydrogens is 701 g/mol. The van der Waals surface area contributed by atoms with Crippen LogP contribution in [0, 0.1) is 0 Å². The molecule has 266 valence electrons. The van der Waals surface area contributed by atoms with Gasteiger partial charge in [-0.1, -0.05) is 146 Å². The molecule has 0 N–H and O–H groups in total. The molecule has 12 aromatic rings. The van der Waals surface area contributed by atoms with Crippen molar-refractivity contribution in [2.45, 2.75) is 0 Å². The Morgan fingerprint density at radius 1 is 0.368 bits per heavy atom. The second-order valence-corrected chi connectivity index (χ2v) is 14.3. The molecule has 0 unspecified atom stereocenters. The number of rotatable bonds is 5. The zero-order valence-corrected chi connectivity index (χ0v) is 30.4. The highest BCUT2D eigenvalue weighted by Gasteiger charge is 2.25. The number of nitrogens with zero attached hydrogens (tertiary/aromatic N) is 4. The Balaban J connectivity index is 1.15. The van der Waals surface area contributed by atoms with Crippen molar-refractivity contribution in [1.82, 2.24) is 19.5 Å². The van der Waals surface area contributed by atoms with Crippen LogP contribution in [0.3, 0.4) is 0 Å². The third-order valence-corrected chi connectivity index (χ3v) is 11.1. The summed E-state index contributed by atoms with van der Waals surface area (Å²) in [6, 6.07) is 62.5. The first kappa shape index (κ1) is 31.5. The molecule has 0 aliphatic carbocycles. The van der Waals surface area contributed by atoms with Gasteiger partial charge in [0.2, 0.25) is 5.95 Å². The lowest BCUT2D eigenvalue weighted by atomic mass is 9.98. The van der Waals surface area contributed by atoms with E-state index in [1.807, 2.05) is 66.7 Å². The van der Waals surface area contributed by atoms with Crippen LogP contribution < -0.4 is 0 Å². The maximum Gasteiger partial charge on any atom is 0.238 e.